The SMILES string of the molecule is CC(C)C(CNC(=O)c1ccn(C2CCCNC2)n1)N1CCN(C)CC1. The molecule has 2 unspecified atom stereocenters. The molecule has 2 N–H and O–H groups in total. The molecule has 1 aromatic heterocycles. The van der Waals surface area contributed by atoms with Crippen LogP contribution in [0.4, 0.5) is 0 Å². The third kappa shape index (κ3) is 4.84. The zero-order valence-electron chi connectivity index (χ0n) is 16.4. The molecular formula is C19H34N6O. The highest BCUT2D eigenvalue weighted by atomic mass is 16.1. The number of likely N-dealkylation sites (N-methyl/N-ethyl adjacent to an activating group) is 1. The van der Waals surface area contributed by atoms with Gasteiger partial charge in [-0.05, 0) is 38.4 Å². The Morgan fingerprint density at radius 1 is 1.35 bits per heavy atom. The Labute approximate surface area is 157 Å². The number of piperidine rings is 1. The van der Waals surface area contributed by atoms with Gasteiger partial charge in [-0.2, -0.15) is 5.10 Å². The second kappa shape index (κ2) is 8.97. The van der Waals surface area contributed by atoms with E-state index < -0.39 is 0 Å². The van der Waals surface area contributed by atoms with Crippen LogP contribution >= 0.6 is 0 Å². The number of carbonyl (C=O) groups is 1. The van der Waals surface area contributed by atoms with Crippen LogP contribution < -0.4 is 10.6 Å². The van der Waals surface area contributed by atoms with Crippen LogP contribution in [-0.2, 0) is 0 Å². The molecule has 0 aromatic carbocycles. The average molecular weight is 363 g/mol. The van der Waals surface area contributed by atoms with Gasteiger partial charge in [0.2, 0.25) is 0 Å². The fourth-order valence-corrected chi connectivity index (χ4v) is 3.95. The van der Waals surface area contributed by atoms with Crippen molar-refractivity contribution in [3.8, 4) is 0 Å². The smallest absolute Gasteiger partial charge is 0.271 e. The minimum Gasteiger partial charge on any atom is -0.349 e. The average Bonchev–Trinajstić information content (AvgIpc) is 3.14. The molecule has 2 fully saturated rings. The van der Waals surface area contributed by atoms with Crippen molar-refractivity contribution in [2.75, 3.05) is 52.9 Å². The molecule has 2 saturated heterocycles. The number of rotatable bonds is 6. The van der Waals surface area contributed by atoms with Crippen molar-refractivity contribution < 1.29 is 4.79 Å². The topological polar surface area (TPSA) is 65.4 Å². The van der Waals surface area contributed by atoms with E-state index in [-0.39, 0.29) is 5.91 Å². The molecule has 7 heteroatoms. The summed E-state index contributed by atoms with van der Waals surface area (Å²) in [7, 11) is 2.17. The number of piperazine rings is 1. The Balaban J connectivity index is 1.54. The Morgan fingerprint density at radius 3 is 2.77 bits per heavy atom. The maximum Gasteiger partial charge on any atom is 0.271 e. The molecule has 2 atom stereocenters. The highest BCUT2D eigenvalue weighted by Crippen LogP contribution is 2.16. The first-order valence-corrected chi connectivity index (χ1v) is 10.0. The Morgan fingerprint density at radius 2 is 2.12 bits per heavy atom. The number of hydrogen-bond acceptors (Lipinski definition) is 5. The summed E-state index contributed by atoms with van der Waals surface area (Å²) < 4.78 is 1.95. The first-order chi connectivity index (χ1) is 12.5. The van der Waals surface area contributed by atoms with Crippen LogP contribution in [0.1, 0.15) is 43.2 Å². The van der Waals surface area contributed by atoms with Gasteiger partial charge in [0, 0.05) is 51.5 Å². The van der Waals surface area contributed by atoms with E-state index in [9.17, 15) is 4.79 Å². The number of carbonyl (C=O) groups excluding carboxylic acids is 1. The van der Waals surface area contributed by atoms with Crippen LogP contribution in [0.15, 0.2) is 12.3 Å². The molecule has 3 heterocycles. The third-order valence-electron chi connectivity index (χ3n) is 5.73. The lowest BCUT2D eigenvalue weighted by atomic mass is 10.0. The van der Waals surface area contributed by atoms with Crippen molar-refractivity contribution in [1.82, 2.24) is 30.2 Å². The Bertz CT molecular complexity index is 572. The second-order valence-electron chi connectivity index (χ2n) is 8.04. The van der Waals surface area contributed by atoms with Crippen molar-refractivity contribution in [2.45, 2.75) is 38.8 Å². The summed E-state index contributed by atoms with van der Waals surface area (Å²) in [4.78, 5) is 17.4. The van der Waals surface area contributed by atoms with Gasteiger partial charge >= 0.3 is 0 Å². The predicted octanol–water partition coefficient (Wildman–Crippen LogP) is 0.809. The molecule has 0 bridgehead atoms. The maximum atomic E-state index is 12.6. The van der Waals surface area contributed by atoms with Crippen molar-refractivity contribution >= 4 is 5.91 Å². The second-order valence-corrected chi connectivity index (χ2v) is 8.04. The summed E-state index contributed by atoms with van der Waals surface area (Å²) in [5.74, 6) is 0.442. The summed E-state index contributed by atoms with van der Waals surface area (Å²) in [5, 5.41) is 11.0. The van der Waals surface area contributed by atoms with E-state index in [1.165, 1.54) is 0 Å². The van der Waals surface area contributed by atoms with Gasteiger partial charge in [-0.1, -0.05) is 13.8 Å². The van der Waals surface area contributed by atoms with Crippen molar-refractivity contribution in [2.24, 2.45) is 5.92 Å². The molecule has 0 saturated carbocycles. The number of hydrogen-bond donors (Lipinski definition) is 2. The fraction of sp³-hybridized carbons (Fsp3) is 0.789. The van der Waals surface area contributed by atoms with Gasteiger partial charge < -0.3 is 15.5 Å². The molecule has 3 rings (SSSR count). The maximum absolute atomic E-state index is 12.6. The highest BCUT2D eigenvalue weighted by molar-refractivity contribution is 5.92. The lowest BCUT2D eigenvalue weighted by molar-refractivity contribution is 0.0788. The molecule has 2 aliphatic rings. The zero-order valence-corrected chi connectivity index (χ0v) is 16.4. The van der Waals surface area contributed by atoms with Crippen LogP contribution in [0.3, 0.4) is 0 Å². The molecule has 146 valence electrons. The molecule has 0 spiro atoms. The van der Waals surface area contributed by atoms with Gasteiger partial charge in [0.1, 0.15) is 5.69 Å². The Kier molecular flexibility index (Phi) is 6.67. The quantitative estimate of drug-likeness (QED) is 0.784. The Hall–Kier alpha value is -1.44. The molecule has 0 aliphatic carbocycles. The number of nitrogens with one attached hydrogen (secondary N) is 2. The molecule has 2 aliphatic heterocycles. The van der Waals surface area contributed by atoms with E-state index >= 15 is 0 Å². The summed E-state index contributed by atoms with van der Waals surface area (Å²) in [6.07, 6.45) is 4.22. The molecular weight excluding hydrogens is 328 g/mol. The van der Waals surface area contributed by atoms with E-state index in [0.29, 0.717) is 30.2 Å². The van der Waals surface area contributed by atoms with E-state index in [0.717, 1.165) is 52.1 Å². The van der Waals surface area contributed by atoms with Gasteiger partial charge in [-0.15, -0.1) is 0 Å². The van der Waals surface area contributed by atoms with Crippen LogP contribution in [0.25, 0.3) is 0 Å². The monoisotopic (exact) mass is 362 g/mol. The molecule has 0 radical (unpaired) electrons. The van der Waals surface area contributed by atoms with Crippen LogP contribution in [0.5, 0.6) is 0 Å². The van der Waals surface area contributed by atoms with Crippen LogP contribution in [0, 0.1) is 5.92 Å². The molecule has 1 amide bonds. The fourth-order valence-electron chi connectivity index (χ4n) is 3.95. The minimum atomic E-state index is -0.0627. The largest absolute Gasteiger partial charge is 0.349 e. The van der Waals surface area contributed by atoms with Gasteiger partial charge in [0.05, 0.1) is 6.04 Å². The first kappa shape index (κ1) is 19.3. The third-order valence-corrected chi connectivity index (χ3v) is 5.73. The normalized spacial score (nSPS) is 23.9. The molecule has 26 heavy (non-hydrogen) atoms. The minimum absolute atomic E-state index is 0.0627. The van der Waals surface area contributed by atoms with E-state index in [1.807, 2.05) is 16.9 Å². The number of amides is 1. The number of aromatic nitrogens is 2. The van der Waals surface area contributed by atoms with E-state index in [4.69, 9.17) is 0 Å². The summed E-state index contributed by atoms with van der Waals surface area (Å²) in [5.41, 5.74) is 0.524. The van der Waals surface area contributed by atoms with Crippen molar-refractivity contribution in [3.05, 3.63) is 18.0 Å². The van der Waals surface area contributed by atoms with Crippen LogP contribution in [-0.4, -0.2) is 84.4 Å². The van der Waals surface area contributed by atoms with Crippen molar-refractivity contribution in [3.63, 3.8) is 0 Å². The van der Waals surface area contributed by atoms with E-state index in [1.54, 1.807) is 0 Å². The summed E-state index contributed by atoms with van der Waals surface area (Å²) in [6, 6.07) is 2.57. The van der Waals surface area contributed by atoms with Gasteiger partial charge in [-0.25, -0.2) is 0 Å². The molecule has 7 nitrogen and oxygen atoms in total. The predicted molar refractivity (Wildman–Crippen MR) is 103 cm³/mol. The van der Waals surface area contributed by atoms with E-state index in [2.05, 4.69) is 46.4 Å². The van der Waals surface area contributed by atoms with Gasteiger partial charge in [0.25, 0.3) is 5.91 Å². The first-order valence-electron chi connectivity index (χ1n) is 10.0. The summed E-state index contributed by atoms with van der Waals surface area (Å²) >= 11 is 0. The summed E-state index contributed by atoms with van der Waals surface area (Å²) in [6.45, 7) is 11.5. The lowest BCUT2D eigenvalue weighted by Gasteiger charge is -2.39. The van der Waals surface area contributed by atoms with Crippen molar-refractivity contribution in [1.29, 1.82) is 0 Å². The molecule has 1 aromatic rings. The standard InChI is InChI=1S/C19H34N6O/c1-15(2)18(24-11-9-23(3)10-12-24)14-21-19(26)17-6-8-25(22-17)16-5-4-7-20-13-16/h6,8,15-16,18,20H,4-5,7,9-14H2,1-3H3,(H,21,26). The lowest BCUT2D eigenvalue weighted by Crippen LogP contribution is -2.54. The highest BCUT2D eigenvalue weighted by Gasteiger charge is 2.26. The van der Waals surface area contributed by atoms with Gasteiger partial charge in [0.15, 0.2) is 0 Å². The van der Waals surface area contributed by atoms with Crippen LogP contribution in [0.2, 0.25) is 0 Å². The zero-order chi connectivity index (χ0) is 18.5. The number of nitrogens with zero attached hydrogens (tertiary/aromatic N) is 4. The van der Waals surface area contributed by atoms with Gasteiger partial charge in [-0.3, -0.25) is 14.4 Å².